The minimum atomic E-state index is 0.0999. The second-order valence-corrected chi connectivity index (χ2v) is 4.18. The van der Waals surface area contributed by atoms with E-state index in [1.54, 1.807) is 0 Å². The summed E-state index contributed by atoms with van der Waals surface area (Å²) in [4.78, 5) is 13.8. The summed E-state index contributed by atoms with van der Waals surface area (Å²) in [6.45, 7) is 8.59. The standard InChI is InChI=1S/C11H23N3O/c1-3-12-9-11(15)13-8-10(2)14-6-4-5-7-14/h10,12H,3-9H2,1-2H3,(H,13,15). The van der Waals surface area contributed by atoms with Gasteiger partial charge in [0, 0.05) is 12.6 Å². The average Bonchev–Trinajstić information content (AvgIpc) is 2.76. The Balaban J connectivity index is 2.09. The first kappa shape index (κ1) is 12.5. The molecule has 0 radical (unpaired) electrons. The summed E-state index contributed by atoms with van der Waals surface area (Å²) < 4.78 is 0. The van der Waals surface area contributed by atoms with E-state index in [1.165, 1.54) is 25.9 Å². The molecule has 88 valence electrons. The number of hydrogen-bond donors (Lipinski definition) is 2. The van der Waals surface area contributed by atoms with E-state index in [9.17, 15) is 4.79 Å². The Morgan fingerprint density at radius 1 is 1.40 bits per heavy atom. The molecule has 1 rings (SSSR count). The molecule has 15 heavy (non-hydrogen) atoms. The van der Waals surface area contributed by atoms with Crippen LogP contribution in [0.3, 0.4) is 0 Å². The van der Waals surface area contributed by atoms with Crippen molar-refractivity contribution in [2.75, 3.05) is 32.7 Å². The highest BCUT2D eigenvalue weighted by Crippen LogP contribution is 2.10. The van der Waals surface area contributed by atoms with Crippen molar-refractivity contribution in [2.24, 2.45) is 0 Å². The molecule has 1 fully saturated rings. The lowest BCUT2D eigenvalue weighted by Crippen LogP contribution is -2.43. The molecule has 4 heteroatoms. The van der Waals surface area contributed by atoms with E-state index in [0.29, 0.717) is 12.6 Å². The Kier molecular flexibility index (Phi) is 5.65. The summed E-state index contributed by atoms with van der Waals surface area (Å²) in [6, 6.07) is 0.470. The number of carbonyl (C=O) groups excluding carboxylic acids is 1. The second kappa shape index (κ2) is 6.80. The van der Waals surface area contributed by atoms with E-state index in [0.717, 1.165) is 13.1 Å². The number of rotatable bonds is 6. The lowest BCUT2D eigenvalue weighted by atomic mass is 10.3. The molecule has 4 nitrogen and oxygen atoms in total. The van der Waals surface area contributed by atoms with Gasteiger partial charge in [-0.1, -0.05) is 6.92 Å². The fraction of sp³-hybridized carbons (Fsp3) is 0.909. The fourth-order valence-corrected chi connectivity index (χ4v) is 1.87. The zero-order valence-electron chi connectivity index (χ0n) is 9.88. The van der Waals surface area contributed by atoms with Crippen molar-refractivity contribution in [3.05, 3.63) is 0 Å². The van der Waals surface area contributed by atoms with Gasteiger partial charge in [0.1, 0.15) is 0 Å². The van der Waals surface area contributed by atoms with Gasteiger partial charge >= 0.3 is 0 Å². The summed E-state index contributed by atoms with van der Waals surface area (Å²) >= 11 is 0. The molecule has 1 unspecified atom stereocenters. The highest BCUT2D eigenvalue weighted by molar-refractivity contribution is 5.77. The number of carbonyl (C=O) groups is 1. The normalized spacial score (nSPS) is 19.1. The molecule has 1 aliphatic heterocycles. The third-order valence-electron chi connectivity index (χ3n) is 2.89. The summed E-state index contributed by atoms with van der Waals surface area (Å²) in [5.74, 6) is 0.0999. The number of likely N-dealkylation sites (N-methyl/N-ethyl adjacent to an activating group) is 1. The van der Waals surface area contributed by atoms with Gasteiger partial charge in [-0.15, -0.1) is 0 Å². The van der Waals surface area contributed by atoms with E-state index in [2.05, 4.69) is 22.5 Å². The molecule has 0 aromatic heterocycles. The van der Waals surface area contributed by atoms with Gasteiger partial charge in [-0.3, -0.25) is 9.69 Å². The Morgan fingerprint density at radius 2 is 2.07 bits per heavy atom. The molecular weight excluding hydrogens is 190 g/mol. The maximum absolute atomic E-state index is 11.3. The van der Waals surface area contributed by atoms with Crippen molar-refractivity contribution in [1.82, 2.24) is 15.5 Å². The van der Waals surface area contributed by atoms with E-state index >= 15 is 0 Å². The van der Waals surface area contributed by atoms with E-state index in [1.807, 2.05) is 6.92 Å². The minimum Gasteiger partial charge on any atom is -0.353 e. The smallest absolute Gasteiger partial charge is 0.234 e. The number of amides is 1. The molecule has 1 aliphatic rings. The van der Waals surface area contributed by atoms with Crippen molar-refractivity contribution >= 4 is 5.91 Å². The van der Waals surface area contributed by atoms with Gasteiger partial charge in [0.05, 0.1) is 6.54 Å². The number of nitrogens with one attached hydrogen (secondary N) is 2. The van der Waals surface area contributed by atoms with Gasteiger partial charge in [-0.05, 0) is 39.4 Å². The largest absolute Gasteiger partial charge is 0.353 e. The fourth-order valence-electron chi connectivity index (χ4n) is 1.87. The van der Waals surface area contributed by atoms with Crippen LogP contribution < -0.4 is 10.6 Å². The van der Waals surface area contributed by atoms with Crippen molar-refractivity contribution < 1.29 is 4.79 Å². The summed E-state index contributed by atoms with van der Waals surface area (Å²) in [7, 11) is 0. The molecule has 1 heterocycles. The first-order valence-corrected chi connectivity index (χ1v) is 5.95. The number of likely N-dealkylation sites (tertiary alicyclic amines) is 1. The summed E-state index contributed by atoms with van der Waals surface area (Å²) in [6.07, 6.45) is 2.60. The van der Waals surface area contributed by atoms with Crippen LogP contribution in [0.2, 0.25) is 0 Å². The average molecular weight is 213 g/mol. The second-order valence-electron chi connectivity index (χ2n) is 4.18. The van der Waals surface area contributed by atoms with Gasteiger partial charge in [0.15, 0.2) is 0 Å². The van der Waals surface area contributed by atoms with Gasteiger partial charge in [0.25, 0.3) is 0 Å². The third kappa shape index (κ3) is 4.62. The van der Waals surface area contributed by atoms with Crippen molar-refractivity contribution in [2.45, 2.75) is 32.7 Å². The molecule has 0 spiro atoms. The molecule has 0 aliphatic carbocycles. The first-order valence-electron chi connectivity index (χ1n) is 5.95. The van der Waals surface area contributed by atoms with Crippen LogP contribution in [0.5, 0.6) is 0 Å². The van der Waals surface area contributed by atoms with Crippen LogP contribution in [-0.4, -0.2) is 49.6 Å². The van der Waals surface area contributed by atoms with Crippen molar-refractivity contribution in [3.63, 3.8) is 0 Å². The van der Waals surface area contributed by atoms with Crippen LogP contribution in [0.4, 0.5) is 0 Å². The minimum absolute atomic E-state index is 0.0999. The van der Waals surface area contributed by atoms with Crippen molar-refractivity contribution in [3.8, 4) is 0 Å². The maximum atomic E-state index is 11.3. The van der Waals surface area contributed by atoms with Crippen molar-refractivity contribution in [1.29, 1.82) is 0 Å². The topological polar surface area (TPSA) is 44.4 Å². The molecule has 2 N–H and O–H groups in total. The third-order valence-corrected chi connectivity index (χ3v) is 2.89. The molecule has 1 amide bonds. The molecule has 1 atom stereocenters. The Bertz CT molecular complexity index is 190. The molecule has 0 bridgehead atoms. The van der Waals surface area contributed by atoms with E-state index in [4.69, 9.17) is 0 Å². The van der Waals surface area contributed by atoms with Crippen LogP contribution in [0.15, 0.2) is 0 Å². The highest BCUT2D eigenvalue weighted by atomic mass is 16.1. The Hall–Kier alpha value is -0.610. The SMILES string of the molecule is CCNCC(=O)NCC(C)N1CCCC1. The van der Waals surface area contributed by atoms with Gasteiger partial charge < -0.3 is 10.6 Å². The Labute approximate surface area is 92.4 Å². The molecular formula is C11H23N3O. The van der Waals surface area contributed by atoms with Gasteiger partial charge in [-0.25, -0.2) is 0 Å². The molecule has 0 aromatic rings. The molecule has 0 aromatic carbocycles. The van der Waals surface area contributed by atoms with E-state index < -0.39 is 0 Å². The van der Waals surface area contributed by atoms with Gasteiger partial charge in [-0.2, -0.15) is 0 Å². The Morgan fingerprint density at radius 3 is 2.67 bits per heavy atom. The lowest BCUT2D eigenvalue weighted by molar-refractivity contribution is -0.120. The predicted octanol–water partition coefficient (Wildman–Crippen LogP) is 0.196. The highest BCUT2D eigenvalue weighted by Gasteiger charge is 2.17. The lowest BCUT2D eigenvalue weighted by Gasteiger charge is -2.23. The zero-order valence-corrected chi connectivity index (χ0v) is 9.88. The van der Waals surface area contributed by atoms with Crippen LogP contribution >= 0.6 is 0 Å². The van der Waals surface area contributed by atoms with Crippen LogP contribution in [0.1, 0.15) is 26.7 Å². The van der Waals surface area contributed by atoms with Crippen LogP contribution in [0, 0.1) is 0 Å². The quantitative estimate of drug-likeness (QED) is 0.662. The zero-order chi connectivity index (χ0) is 11.1. The number of nitrogens with zero attached hydrogens (tertiary/aromatic N) is 1. The van der Waals surface area contributed by atoms with Crippen LogP contribution in [0.25, 0.3) is 0 Å². The monoisotopic (exact) mass is 213 g/mol. The van der Waals surface area contributed by atoms with E-state index in [-0.39, 0.29) is 5.91 Å². The summed E-state index contributed by atoms with van der Waals surface area (Å²) in [5.41, 5.74) is 0. The maximum Gasteiger partial charge on any atom is 0.234 e. The predicted molar refractivity (Wildman–Crippen MR) is 61.8 cm³/mol. The van der Waals surface area contributed by atoms with Gasteiger partial charge in [0.2, 0.25) is 5.91 Å². The summed E-state index contributed by atoms with van der Waals surface area (Å²) in [5, 5.41) is 5.97. The van der Waals surface area contributed by atoms with Crippen LogP contribution in [-0.2, 0) is 4.79 Å². The number of hydrogen-bond acceptors (Lipinski definition) is 3. The molecule has 1 saturated heterocycles. The molecule has 0 saturated carbocycles. The first-order chi connectivity index (χ1) is 7.24.